The van der Waals surface area contributed by atoms with E-state index in [0.29, 0.717) is 5.92 Å². The molecule has 0 nitrogen and oxygen atoms in total. The molecule has 1 aliphatic carbocycles. The molecule has 1 aliphatic rings. The second-order valence-corrected chi connectivity index (χ2v) is 5.22. The number of rotatable bonds is 7. The minimum atomic E-state index is 0.698. The summed E-state index contributed by atoms with van der Waals surface area (Å²) < 4.78 is 0. The predicted molar refractivity (Wildman–Crippen MR) is 82.7 cm³/mol. The molecule has 0 bridgehead atoms. The van der Waals surface area contributed by atoms with Crippen molar-refractivity contribution in [2.24, 2.45) is 5.92 Å². The summed E-state index contributed by atoms with van der Waals surface area (Å²) in [5.74, 6) is 0.698. The first-order valence-corrected chi connectivity index (χ1v) is 7.45. The van der Waals surface area contributed by atoms with Crippen molar-refractivity contribution in [3.63, 3.8) is 0 Å². The maximum atomic E-state index is 2.44. The van der Waals surface area contributed by atoms with Crippen LogP contribution in [0.25, 0.3) is 0 Å². The Morgan fingerprint density at radius 1 is 1.39 bits per heavy atom. The monoisotopic (exact) mass is 244 g/mol. The zero-order valence-electron chi connectivity index (χ0n) is 12.3. The topological polar surface area (TPSA) is 0 Å². The van der Waals surface area contributed by atoms with Crippen molar-refractivity contribution in [1.29, 1.82) is 0 Å². The lowest BCUT2D eigenvalue weighted by atomic mass is 9.96. The van der Waals surface area contributed by atoms with Gasteiger partial charge in [0.1, 0.15) is 0 Å². The van der Waals surface area contributed by atoms with Crippen LogP contribution in [-0.2, 0) is 0 Å². The zero-order valence-corrected chi connectivity index (χ0v) is 12.3. The smallest absolute Gasteiger partial charge is 0.0256 e. The van der Waals surface area contributed by atoms with Crippen LogP contribution in [-0.4, -0.2) is 0 Å². The van der Waals surface area contributed by atoms with E-state index in [0.717, 1.165) is 6.42 Å². The summed E-state index contributed by atoms with van der Waals surface area (Å²) in [5.41, 5.74) is 3.02. The maximum absolute atomic E-state index is 2.44. The highest BCUT2D eigenvalue weighted by Crippen LogP contribution is 2.19. The lowest BCUT2D eigenvalue weighted by Gasteiger charge is -2.10. The number of allylic oxidation sites excluding steroid dienone is 8. The zero-order chi connectivity index (χ0) is 13.2. The molecule has 0 saturated carbocycles. The molecule has 1 unspecified atom stereocenters. The molecule has 0 heteroatoms. The van der Waals surface area contributed by atoms with Crippen molar-refractivity contribution in [2.75, 3.05) is 0 Å². The first kappa shape index (κ1) is 15.0. The molecule has 1 atom stereocenters. The van der Waals surface area contributed by atoms with Gasteiger partial charge in [0.15, 0.2) is 0 Å². The van der Waals surface area contributed by atoms with Gasteiger partial charge in [-0.1, -0.05) is 61.4 Å². The predicted octanol–water partition coefficient (Wildman–Crippen LogP) is 5.98. The van der Waals surface area contributed by atoms with E-state index in [1.165, 1.54) is 37.7 Å². The summed E-state index contributed by atoms with van der Waals surface area (Å²) in [7, 11) is 0. The highest BCUT2D eigenvalue weighted by atomic mass is 14.1. The molecule has 1 rings (SSSR count). The minimum Gasteiger partial charge on any atom is -0.0874 e. The fourth-order valence-electron chi connectivity index (χ4n) is 2.44. The largest absolute Gasteiger partial charge is 0.0874 e. The van der Waals surface area contributed by atoms with E-state index in [1.54, 1.807) is 5.57 Å². The van der Waals surface area contributed by atoms with Gasteiger partial charge < -0.3 is 0 Å². The summed E-state index contributed by atoms with van der Waals surface area (Å²) >= 11 is 0. The Morgan fingerprint density at radius 3 is 2.83 bits per heavy atom. The Hall–Kier alpha value is -1.04. The van der Waals surface area contributed by atoms with E-state index < -0.39 is 0 Å². The third-order valence-corrected chi connectivity index (χ3v) is 3.48. The Bertz CT molecular complexity index is 339. The van der Waals surface area contributed by atoms with Crippen LogP contribution in [0.4, 0.5) is 0 Å². The fraction of sp³-hybridized carbons (Fsp3) is 0.556. The van der Waals surface area contributed by atoms with Gasteiger partial charge in [-0.25, -0.2) is 0 Å². The molecule has 0 amide bonds. The average Bonchev–Trinajstić information content (AvgIpc) is 2.39. The van der Waals surface area contributed by atoms with Gasteiger partial charge in [-0.3, -0.25) is 0 Å². The van der Waals surface area contributed by atoms with Crippen LogP contribution in [0.15, 0.2) is 47.6 Å². The molecule has 100 valence electrons. The molecular weight excluding hydrogens is 216 g/mol. The summed E-state index contributed by atoms with van der Waals surface area (Å²) in [6.07, 6.45) is 21.3. The first-order valence-electron chi connectivity index (χ1n) is 7.45. The molecule has 0 heterocycles. The van der Waals surface area contributed by atoms with Crippen molar-refractivity contribution in [3.8, 4) is 0 Å². The van der Waals surface area contributed by atoms with E-state index in [1.807, 2.05) is 0 Å². The Balaban J connectivity index is 2.30. The molecular formula is C18H28. The molecule has 18 heavy (non-hydrogen) atoms. The van der Waals surface area contributed by atoms with Gasteiger partial charge in [0.2, 0.25) is 0 Å². The van der Waals surface area contributed by atoms with Gasteiger partial charge in [0.25, 0.3) is 0 Å². The third kappa shape index (κ3) is 6.05. The summed E-state index contributed by atoms with van der Waals surface area (Å²) in [4.78, 5) is 0. The second kappa shape index (κ2) is 8.97. The highest BCUT2D eigenvalue weighted by molar-refractivity contribution is 5.22. The standard InChI is InChI=1S/C18H28/c1-4-10-17(5-2)15-16(3)11-9-14-18-12-7-6-8-13-18/h4,7,10,12-13,15-16H,5-6,8-9,11,14H2,1-3H3/b10-4+,17-15-. The van der Waals surface area contributed by atoms with E-state index in [4.69, 9.17) is 0 Å². The van der Waals surface area contributed by atoms with Crippen LogP contribution >= 0.6 is 0 Å². The SMILES string of the molecule is C/C=C/C(=C\C(C)CCCC1=CCCC=C1)CC. The van der Waals surface area contributed by atoms with Crippen LogP contribution in [0.3, 0.4) is 0 Å². The average molecular weight is 244 g/mol. The molecule has 0 aromatic rings. The van der Waals surface area contributed by atoms with Crippen molar-refractivity contribution in [1.82, 2.24) is 0 Å². The van der Waals surface area contributed by atoms with Crippen molar-refractivity contribution < 1.29 is 0 Å². The van der Waals surface area contributed by atoms with Gasteiger partial charge in [-0.15, -0.1) is 0 Å². The molecule has 0 N–H and O–H groups in total. The Labute approximate surface area is 113 Å². The molecule has 0 aliphatic heterocycles. The van der Waals surface area contributed by atoms with Crippen LogP contribution < -0.4 is 0 Å². The van der Waals surface area contributed by atoms with Crippen LogP contribution in [0, 0.1) is 5.92 Å². The van der Waals surface area contributed by atoms with Crippen LogP contribution in [0.1, 0.15) is 59.3 Å². The van der Waals surface area contributed by atoms with Crippen molar-refractivity contribution in [2.45, 2.75) is 59.3 Å². The lowest BCUT2D eigenvalue weighted by Crippen LogP contribution is -1.93. The minimum absolute atomic E-state index is 0.698. The first-order chi connectivity index (χ1) is 8.76. The van der Waals surface area contributed by atoms with Gasteiger partial charge in [0.05, 0.1) is 0 Å². The summed E-state index contributed by atoms with van der Waals surface area (Å²) in [5, 5.41) is 0. The van der Waals surface area contributed by atoms with Crippen LogP contribution in [0.2, 0.25) is 0 Å². The quantitative estimate of drug-likeness (QED) is 0.483. The van der Waals surface area contributed by atoms with Gasteiger partial charge in [0, 0.05) is 0 Å². The van der Waals surface area contributed by atoms with Gasteiger partial charge in [-0.05, 0) is 51.4 Å². The van der Waals surface area contributed by atoms with E-state index in [9.17, 15) is 0 Å². The molecule has 0 aromatic carbocycles. The van der Waals surface area contributed by atoms with E-state index >= 15 is 0 Å². The molecule has 0 saturated heterocycles. The second-order valence-electron chi connectivity index (χ2n) is 5.22. The third-order valence-electron chi connectivity index (χ3n) is 3.48. The summed E-state index contributed by atoms with van der Waals surface area (Å²) in [6.45, 7) is 6.66. The molecule has 0 spiro atoms. The molecule has 0 radical (unpaired) electrons. The van der Waals surface area contributed by atoms with Crippen LogP contribution in [0.5, 0.6) is 0 Å². The normalized spacial score (nSPS) is 18.2. The lowest BCUT2D eigenvalue weighted by molar-refractivity contribution is 0.603. The molecule has 0 aromatic heterocycles. The maximum Gasteiger partial charge on any atom is -0.0256 e. The number of hydrogen-bond donors (Lipinski definition) is 0. The van der Waals surface area contributed by atoms with E-state index in [2.05, 4.69) is 57.2 Å². The summed E-state index contributed by atoms with van der Waals surface area (Å²) in [6, 6.07) is 0. The Morgan fingerprint density at radius 2 is 2.22 bits per heavy atom. The Kier molecular flexibility index (Phi) is 7.48. The molecule has 0 fully saturated rings. The van der Waals surface area contributed by atoms with E-state index in [-0.39, 0.29) is 0 Å². The van der Waals surface area contributed by atoms with Crippen molar-refractivity contribution >= 4 is 0 Å². The van der Waals surface area contributed by atoms with Gasteiger partial charge >= 0.3 is 0 Å². The fourth-order valence-corrected chi connectivity index (χ4v) is 2.44. The number of hydrogen-bond acceptors (Lipinski definition) is 0. The highest BCUT2D eigenvalue weighted by Gasteiger charge is 2.02. The van der Waals surface area contributed by atoms with Crippen molar-refractivity contribution in [3.05, 3.63) is 47.6 Å². The van der Waals surface area contributed by atoms with Gasteiger partial charge in [-0.2, -0.15) is 0 Å².